The van der Waals surface area contributed by atoms with Crippen molar-refractivity contribution in [3.63, 3.8) is 0 Å². The van der Waals surface area contributed by atoms with Crippen LogP contribution in [0.2, 0.25) is 0 Å². The zero-order chi connectivity index (χ0) is 21.1. The maximum absolute atomic E-state index is 11.9. The van der Waals surface area contributed by atoms with Crippen LogP contribution in [-0.2, 0) is 6.42 Å². The van der Waals surface area contributed by atoms with E-state index in [0.717, 1.165) is 30.4 Å². The van der Waals surface area contributed by atoms with Crippen molar-refractivity contribution >= 4 is 11.0 Å². The lowest BCUT2D eigenvalue weighted by atomic mass is 10.1. The molecule has 0 aliphatic carbocycles. The molecule has 5 nitrogen and oxygen atoms in total. The average molecular weight is 404 g/mol. The second kappa shape index (κ2) is 8.49. The van der Waals surface area contributed by atoms with Crippen LogP contribution in [0.25, 0.3) is 22.5 Å². The Kier molecular flexibility index (Phi) is 5.61. The molecule has 0 atom stereocenters. The number of aryl methyl sites for hydroxylation is 1. The number of fused-ring (bicyclic) bond motifs is 1. The van der Waals surface area contributed by atoms with Crippen LogP contribution in [0.5, 0.6) is 11.5 Å². The van der Waals surface area contributed by atoms with E-state index in [2.05, 4.69) is 24.3 Å². The summed E-state index contributed by atoms with van der Waals surface area (Å²) in [6, 6.07) is 17.8. The van der Waals surface area contributed by atoms with Gasteiger partial charge in [0.05, 0.1) is 12.2 Å². The lowest BCUT2D eigenvalue weighted by Crippen LogP contribution is -2.05. The molecule has 0 spiro atoms. The van der Waals surface area contributed by atoms with E-state index in [9.17, 15) is 9.90 Å². The second-order valence-corrected chi connectivity index (χ2v) is 7.42. The first-order valence-corrected chi connectivity index (χ1v) is 10.1. The Labute approximate surface area is 174 Å². The zero-order valence-corrected chi connectivity index (χ0v) is 17.1. The van der Waals surface area contributed by atoms with Gasteiger partial charge >= 0.3 is 5.63 Å². The number of benzene rings is 2. The number of hydrogen-bond donors (Lipinski definition) is 1. The van der Waals surface area contributed by atoms with Crippen LogP contribution in [0.1, 0.15) is 29.5 Å². The van der Waals surface area contributed by atoms with Crippen LogP contribution in [0.4, 0.5) is 0 Å². The van der Waals surface area contributed by atoms with Crippen molar-refractivity contribution in [3.8, 4) is 23.0 Å². The van der Waals surface area contributed by atoms with Gasteiger partial charge in [0.25, 0.3) is 0 Å². The smallest absolute Gasteiger partial charge is 0.343 e. The molecule has 0 saturated heterocycles. The van der Waals surface area contributed by atoms with Gasteiger partial charge < -0.3 is 18.7 Å². The van der Waals surface area contributed by atoms with Gasteiger partial charge in [0.1, 0.15) is 17.1 Å². The minimum Gasteiger partial charge on any atom is -0.507 e. The highest BCUT2D eigenvalue weighted by atomic mass is 16.5. The van der Waals surface area contributed by atoms with Crippen LogP contribution in [0.15, 0.2) is 68.2 Å². The van der Waals surface area contributed by atoms with Gasteiger partial charge in [0, 0.05) is 10.9 Å². The lowest BCUT2D eigenvalue weighted by molar-refractivity contribution is 0.307. The van der Waals surface area contributed by atoms with Crippen molar-refractivity contribution in [2.45, 2.75) is 33.1 Å². The summed E-state index contributed by atoms with van der Waals surface area (Å²) in [6.45, 7) is 3.86. The topological polar surface area (TPSA) is 72.8 Å². The third kappa shape index (κ3) is 4.10. The predicted molar refractivity (Wildman–Crippen MR) is 116 cm³/mol. The summed E-state index contributed by atoms with van der Waals surface area (Å²) in [5.41, 5.74) is 2.09. The molecule has 0 radical (unpaired) electrons. The van der Waals surface area contributed by atoms with Gasteiger partial charge in [-0.1, -0.05) is 30.3 Å². The first kappa shape index (κ1) is 19.8. The monoisotopic (exact) mass is 404 g/mol. The van der Waals surface area contributed by atoms with E-state index in [1.165, 1.54) is 12.5 Å². The molecule has 1 N–H and O–H groups in total. The van der Waals surface area contributed by atoms with Crippen molar-refractivity contribution < 1.29 is 18.7 Å². The molecule has 154 valence electrons. The van der Waals surface area contributed by atoms with Gasteiger partial charge in [-0.25, -0.2) is 4.79 Å². The number of ether oxygens (including phenoxy) is 1. The third-order valence-electron chi connectivity index (χ3n) is 5.23. The Morgan fingerprint density at radius 1 is 0.933 bits per heavy atom. The van der Waals surface area contributed by atoms with Crippen molar-refractivity contribution in [3.05, 3.63) is 81.7 Å². The Morgan fingerprint density at radius 2 is 1.73 bits per heavy atom. The summed E-state index contributed by atoms with van der Waals surface area (Å²) in [5, 5.41) is 11.0. The number of furan rings is 1. The van der Waals surface area contributed by atoms with Gasteiger partial charge in [-0.15, -0.1) is 0 Å². The summed E-state index contributed by atoms with van der Waals surface area (Å²) >= 11 is 0. The molecule has 0 saturated carbocycles. The van der Waals surface area contributed by atoms with E-state index in [4.69, 9.17) is 13.6 Å². The van der Waals surface area contributed by atoms with Crippen LogP contribution in [-0.4, -0.2) is 11.7 Å². The summed E-state index contributed by atoms with van der Waals surface area (Å²) in [4.78, 5) is 11.9. The molecular weight excluding hydrogens is 380 g/mol. The summed E-state index contributed by atoms with van der Waals surface area (Å²) in [7, 11) is 0. The van der Waals surface area contributed by atoms with E-state index in [0.29, 0.717) is 23.5 Å². The first-order chi connectivity index (χ1) is 14.5. The van der Waals surface area contributed by atoms with E-state index in [1.54, 1.807) is 13.0 Å². The number of hydrogen-bond acceptors (Lipinski definition) is 5. The van der Waals surface area contributed by atoms with E-state index >= 15 is 0 Å². The molecule has 0 aliphatic rings. The summed E-state index contributed by atoms with van der Waals surface area (Å²) < 4.78 is 17.1. The van der Waals surface area contributed by atoms with Crippen molar-refractivity contribution in [1.29, 1.82) is 0 Å². The largest absolute Gasteiger partial charge is 0.507 e. The van der Waals surface area contributed by atoms with Gasteiger partial charge in [0.15, 0.2) is 11.5 Å². The Morgan fingerprint density at radius 3 is 2.53 bits per heavy atom. The van der Waals surface area contributed by atoms with E-state index < -0.39 is 5.63 Å². The maximum Gasteiger partial charge on any atom is 0.343 e. The molecule has 30 heavy (non-hydrogen) atoms. The summed E-state index contributed by atoms with van der Waals surface area (Å²) in [6.07, 6.45) is 3.08. The van der Waals surface area contributed by atoms with Gasteiger partial charge in [0.2, 0.25) is 0 Å². The van der Waals surface area contributed by atoms with Crippen LogP contribution in [0, 0.1) is 13.8 Å². The quantitative estimate of drug-likeness (QED) is 0.396. The van der Waals surface area contributed by atoms with Crippen LogP contribution >= 0.6 is 0 Å². The lowest BCUT2D eigenvalue weighted by Gasteiger charge is -2.06. The van der Waals surface area contributed by atoms with Crippen LogP contribution < -0.4 is 10.4 Å². The normalized spacial score (nSPS) is 11.1. The first-order valence-electron chi connectivity index (χ1n) is 10.1. The van der Waals surface area contributed by atoms with E-state index in [1.807, 2.05) is 24.3 Å². The molecule has 0 bridgehead atoms. The highest BCUT2D eigenvalue weighted by Crippen LogP contribution is 2.34. The van der Waals surface area contributed by atoms with Gasteiger partial charge in [-0.05, 0) is 62.9 Å². The Bertz CT molecular complexity index is 1220. The van der Waals surface area contributed by atoms with E-state index in [-0.39, 0.29) is 17.1 Å². The second-order valence-electron chi connectivity index (χ2n) is 7.42. The van der Waals surface area contributed by atoms with Crippen molar-refractivity contribution in [1.82, 2.24) is 0 Å². The molecule has 0 fully saturated rings. The summed E-state index contributed by atoms with van der Waals surface area (Å²) in [5.74, 6) is 1.33. The third-order valence-corrected chi connectivity index (χ3v) is 5.23. The minimum absolute atomic E-state index is 0.0683. The van der Waals surface area contributed by atoms with Crippen LogP contribution in [0.3, 0.4) is 0 Å². The SMILES string of the molecule is Cc1c(-c2cc3cc(OCCCCc4ccccc4)ccc3o2)oc(=O)c(C)c1O. The number of aromatic hydroxyl groups is 1. The van der Waals surface area contributed by atoms with Crippen molar-refractivity contribution in [2.75, 3.05) is 6.61 Å². The minimum atomic E-state index is -0.576. The molecule has 0 unspecified atom stereocenters. The molecule has 2 aromatic carbocycles. The fraction of sp³-hybridized carbons (Fsp3) is 0.240. The fourth-order valence-corrected chi connectivity index (χ4v) is 3.46. The molecule has 2 heterocycles. The fourth-order valence-electron chi connectivity index (χ4n) is 3.46. The predicted octanol–water partition coefficient (Wildman–Crippen LogP) is 5.78. The number of rotatable bonds is 7. The molecule has 2 aromatic heterocycles. The van der Waals surface area contributed by atoms with Crippen molar-refractivity contribution in [2.24, 2.45) is 0 Å². The van der Waals surface area contributed by atoms with Gasteiger partial charge in [-0.2, -0.15) is 0 Å². The molecular formula is C25H24O5. The number of unbranched alkanes of at least 4 members (excludes halogenated alkanes) is 1. The molecule has 4 rings (SSSR count). The molecule has 5 heteroatoms. The highest BCUT2D eigenvalue weighted by molar-refractivity contribution is 5.84. The average Bonchev–Trinajstić information content (AvgIpc) is 3.18. The molecule has 4 aromatic rings. The highest BCUT2D eigenvalue weighted by Gasteiger charge is 2.18. The molecule has 0 amide bonds. The maximum atomic E-state index is 11.9. The molecule has 0 aliphatic heterocycles. The Balaban J connectivity index is 1.44. The van der Waals surface area contributed by atoms with Gasteiger partial charge in [-0.3, -0.25) is 0 Å². The zero-order valence-electron chi connectivity index (χ0n) is 17.1. The standard InChI is InChI=1S/C25H24O5/c1-16-23(26)17(2)25(27)30-24(16)22-15-19-14-20(11-12-21(19)29-22)28-13-7-6-10-18-8-4-3-5-9-18/h3-5,8-9,11-12,14-15,26H,6-7,10,13H2,1-2H3. The Hall–Kier alpha value is -3.47.